The summed E-state index contributed by atoms with van der Waals surface area (Å²) in [6.45, 7) is 0. The molecule has 2 aromatic carbocycles. The molecule has 0 radical (unpaired) electrons. The van der Waals surface area contributed by atoms with Crippen molar-refractivity contribution in [1.29, 1.82) is 0 Å². The van der Waals surface area contributed by atoms with Crippen molar-refractivity contribution in [2.24, 2.45) is 0 Å². The van der Waals surface area contributed by atoms with Crippen molar-refractivity contribution in [3.8, 4) is 39.4 Å². The average Bonchev–Trinajstić information content (AvgIpc) is 3.16. The highest BCUT2D eigenvalue weighted by Gasteiger charge is 2.11. The number of thiophene rings is 1. The molecule has 4 heteroatoms. The van der Waals surface area contributed by atoms with Gasteiger partial charge in [0.2, 0.25) is 0 Å². The van der Waals surface area contributed by atoms with Crippen molar-refractivity contribution in [3.63, 3.8) is 0 Å². The van der Waals surface area contributed by atoms with E-state index in [9.17, 15) is 5.11 Å². The molecule has 122 valence electrons. The van der Waals surface area contributed by atoms with E-state index in [-0.39, 0.29) is 5.75 Å². The summed E-state index contributed by atoms with van der Waals surface area (Å²) < 4.78 is 0. The fourth-order valence-corrected chi connectivity index (χ4v) is 3.64. The van der Waals surface area contributed by atoms with E-state index < -0.39 is 0 Å². The second-order valence-corrected chi connectivity index (χ2v) is 6.86. The van der Waals surface area contributed by atoms with Gasteiger partial charge in [0.1, 0.15) is 5.75 Å². The number of pyridine rings is 1. The predicted molar refractivity (Wildman–Crippen MR) is 105 cm³/mol. The monoisotopic (exact) mass is 363 g/mol. The van der Waals surface area contributed by atoms with Gasteiger partial charge in [-0.15, -0.1) is 0 Å². The van der Waals surface area contributed by atoms with Crippen LogP contribution in [0.4, 0.5) is 0 Å². The third-order valence-corrected chi connectivity index (χ3v) is 4.98. The topological polar surface area (TPSA) is 33.1 Å². The zero-order valence-electron chi connectivity index (χ0n) is 13.2. The van der Waals surface area contributed by atoms with E-state index in [0.717, 1.165) is 33.6 Å². The molecule has 0 atom stereocenters. The van der Waals surface area contributed by atoms with Crippen LogP contribution in [0.25, 0.3) is 33.6 Å². The van der Waals surface area contributed by atoms with Gasteiger partial charge in [0.05, 0.1) is 11.4 Å². The highest BCUT2D eigenvalue weighted by atomic mass is 35.5. The van der Waals surface area contributed by atoms with Crippen molar-refractivity contribution in [2.75, 3.05) is 0 Å². The summed E-state index contributed by atoms with van der Waals surface area (Å²) >= 11 is 8.04. The summed E-state index contributed by atoms with van der Waals surface area (Å²) in [5.74, 6) is 0.222. The molecule has 0 spiro atoms. The van der Waals surface area contributed by atoms with Gasteiger partial charge in [-0.25, -0.2) is 4.98 Å². The lowest BCUT2D eigenvalue weighted by molar-refractivity contribution is 0.475. The number of halogens is 1. The Morgan fingerprint density at radius 2 is 1.64 bits per heavy atom. The molecule has 0 bridgehead atoms. The molecule has 2 nitrogen and oxygen atoms in total. The van der Waals surface area contributed by atoms with Gasteiger partial charge >= 0.3 is 0 Å². The average molecular weight is 364 g/mol. The van der Waals surface area contributed by atoms with Gasteiger partial charge in [-0.05, 0) is 58.3 Å². The molecular formula is C21H14ClNOS. The first kappa shape index (κ1) is 15.9. The van der Waals surface area contributed by atoms with Crippen LogP contribution in [-0.4, -0.2) is 10.1 Å². The second-order valence-electron chi connectivity index (χ2n) is 5.67. The minimum atomic E-state index is 0.222. The maximum atomic E-state index is 9.81. The number of hydrogen-bond donors (Lipinski definition) is 1. The van der Waals surface area contributed by atoms with Crippen molar-refractivity contribution in [3.05, 3.63) is 82.5 Å². The number of aromatic hydroxyl groups is 1. The first-order valence-corrected chi connectivity index (χ1v) is 9.12. The Morgan fingerprint density at radius 1 is 0.800 bits per heavy atom. The first-order chi connectivity index (χ1) is 12.2. The van der Waals surface area contributed by atoms with Gasteiger partial charge in [0.25, 0.3) is 0 Å². The summed E-state index contributed by atoms with van der Waals surface area (Å²) in [5, 5.41) is 14.6. The lowest BCUT2D eigenvalue weighted by Gasteiger charge is -2.10. The van der Waals surface area contributed by atoms with Crippen LogP contribution >= 0.6 is 22.9 Å². The highest BCUT2D eigenvalue weighted by molar-refractivity contribution is 7.08. The zero-order chi connectivity index (χ0) is 17.2. The molecule has 0 unspecified atom stereocenters. The molecule has 0 saturated heterocycles. The number of benzene rings is 2. The maximum Gasteiger partial charge on any atom is 0.116 e. The Balaban J connectivity index is 1.94. The maximum absolute atomic E-state index is 9.81. The molecule has 2 heterocycles. The molecular weight excluding hydrogens is 350 g/mol. The molecule has 1 N–H and O–H groups in total. The lowest BCUT2D eigenvalue weighted by atomic mass is 10.0. The van der Waals surface area contributed by atoms with Gasteiger partial charge < -0.3 is 5.11 Å². The lowest BCUT2D eigenvalue weighted by Crippen LogP contribution is -1.91. The molecule has 0 amide bonds. The number of phenolic OH excluding ortho intramolecular Hbond substituents is 1. The Kier molecular flexibility index (Phi) is 4.26. The third-order valence-electron chi connectivity index (χ3n) is 3.97. The Morgan fingerprint density at radius 3 is 2.40 bits per heavy atom. The van der Waals surface area contributed by atoms with E-state index >= 15 is 0 Å². The fraction of sp³-hybridized carbons (Fsp3) is 0. The molecule has 25 heavy (non-hydrogen) atoms. The number of hydrogen-bond acceptors (Lipinski definition) is 3. The molecule has 0 saturated carbocycles. The number of phenols is 1. The Hall–Kier alpha value is -2.62. The molecule has 0 aliphatic rings. The van der Waals surface area contributed by atoms with Gasteiger partial charge in [0.15, 0.2) is 0 Å². The summed E-state index contributed by atoms with van der Waals surface area (Å²) in [6, 6.07) is 21.0. The van der Waals surface area contributed by atoms with Crippen molar-refractivity contribution in [1.82, 2.24) is 4.98 Å². The van der Waals surface area contributed by atoms with Crippen LogP contribution in [0.2, 0.25) is 5.02 Å². The van der Waals surface area contributed by atoms with E-state index in [1.54, 1.807) is 23.5 Å². The summed E-state index contributed by atoms with van der Waals surface area (Å²) in [7, 11) is 0. The predicted octanol–water partition coefficient (Wildman–Crippen LogP) is 6.50. The van der Waals surface area contributed by atoms with Crippen LogP contribution in [0.3, 0.4) is 0 Å². The normalized spacial score (nSPS) is 10.8. The van der Waals surface area contributed by atoms with E-state index in [1.165, 1.54) is 0 Å². The van der Waals surface area contributed by atoms with Gasteiger partial charge in [-0.2, -0.15) is 11.3 Å². The number of nitrogens with zero attached hydrogens (tertiary/aromatic N) is 1. The van der Waals surface area contributed by atoms with Crippen molar-refractivity contribution >= 4 is 22.9 Å². The van der Waals surface area contributed by atoms with Crippen molar-refractivity contribution < 1.29 is 5.11 Å². The third kappa shape index (κ3) is 3.29. The minimum absolute atomic E-state index is 0.222. The largest absolute Gasteiger partial charge is 0.508 e. The van der Waals surface area contributed by atoms with Crippen molar-refractivity contribution in [2.45, 2.75) is 0 Å². The summed E-state index contributed by atoms with van der Waals surface area (Å²) in [4.78, 5) is 4.79. The Labute approximate surface area is 155 Å². The fourth-order valence-electron chi connectivity index (χ4n) is 2.75. The molecule has 4 rings (SSSR count). The van der Waals surface area contributed by atoms with Gasteiger partial charge in [-0.1, -0.05) is 41.9 Å². The zero-order valence-corrected chi connectivity index (χ0v) is 14.8. The number of rotatable bonds is 3. The molecule has 2 aromatic heterocycles. The standard InChI is InChI=1S/C21H14ClNOS/c22-19-7-2-1-6-18(19)21-12-16(15-8-9-25-13-15)11-20(23-21)14-4-3-5-17(24)10-14/h1-13,24H. The van der Waals surface area contributed by atoms with Gasteiger partial charge in [-0.3, -0.25) is 0 Å². The highest BCUT2D eigenvalue weighted by Crippen LogP contribution is 2.34. The molecule has 0 fully saturated rings. The van der Waals surface area contributed by atoms with E-state index in [1.807, 2.05) is 42.5 Å². The smallest absolute Gasteiger partial charge is 0.116 e. The molecule has 0 aliphatic heterocycles. The van der Waals surface area contributed by atoms with Gasteiger partial charge in [0, 0.05) is 16.1 Å². The summed E-state index contributed by atoms with van der Waals surface area (Å²) in [5.41, 5.74) is 5.59. The summed E-state index contributed by atoms with van der Waals surface area (Å²) in [6.07, 6.45) is 0. The van der Waals surface area contributed by atoms with Crippen LogP contribution in [0, 0.1) is 0 Å². The van der Waals surface area contributed by atoms with Crippen LogP contribution in [0.15, 0.2) is 77.5 Å². The van der Waals surface area contributed by atoms with E-state index in [2.05, 4.69) is 22.9 Å². The van der Waals surface area contributed by atoms with Crippen LogP contribution in [0.1, 0.15) is 0 Å². The van der Waals surface area contributed by atoms with Crippen LogP contribution in [-0.2, 0) is 0 Å². The quantitative estimate of drug-likeness (QED) is 0.450. The SMILES string of the molecule is Oc1cccc(-c2cc(-c3ccsc3)cc(-c3ccccc3Cl)n2)c1. The van der Waals surface area contributed by atoms with Crippen LogP contribution in [0.5, 0.6) is 5.75 Å². The molecule has 0 aliphatic carbocycles. The second kappa shape index (κ2) is 6.71. The minimum Gasteiger partial charge on any atom is -0.508 e. The van der Waals surface area contributed by atoms with Crippen LogP contribution < -0.4 is 0 Å². The number of aromatic nitrogens is 1. The first-order valence-electron chi connectivity index (χ1n) is 7.80. The molecule has 4 aromatic rings. The van der Waals surface area contributed by atoms with E-state index in [0.29, 0.717) is 5.02 Å². The van der Waals surface area contributed by atoms with E-state index in [4.69, 9.17) is 16.6 Å². The Bertz CT molecular complexity index is 1030.